The molecule has 0 amide bonds. The molecular weight excluding hydrogens is 308 g/mol. The number of hydrogen-bond donors (Lipinski definition) is 2. The van der Waals surface area contributed by atoms with E-state index in [-0.39, 0.29) is 72.6 Å². The van der Waals surface area contributed by atoms with Gasteiger partial charge in [-0.15, -0.1) is 0 Å². The van der Waals surface area contributed by atoms with Crippen molar-refractivity contribution >= 4 is 6.16 Å². The third-order valence-corrected chi connectivity index (χ3v) is 0. The number of rotatable bonds is 0. The quantitative estimate of drug-likeness (QED) is 0.585. The zero-order valence-corrected chi connectivity index (χ0v) is 7.91. The van der Waals surface area contributed by atoms with Gasteiger partial charge < -0.3 is 15.7 Å². The predicted octanol–water partition coefficient (Wildman–Crippen LogP) is -0.612. The normalized spacial score (nSPS) is 2.67. The summed E-state index contributed by atoms with van der Waals surface area (Å²) in [6.07, 6.45) is -1.83. The van der Waals surface area contributed by atoms with Crippen LogP contribution in [0.25, 0.3) is 0 Å². The summed E-state index contributed by atoms with van der Waals surface area (Å²) in [5.74, 6) is 0. The van der Waals surface area contributed by atoms with E-state index >= 15 is 0 Å². The minimum absolute atomic E-state index is 0. The zero-order chi connectivity index (χ0) is 3.58. The van der Waals surface area contributed by atoms with Crippen molar-refractivity contribution in [1.29, 1.82) is 0 Å². The molecule has 0 aliphatic rings. The Kier molecular flexibility index (Phi) is 188. The summed E-state index contributed by atoms with van der Waals surface area (Å²) < 4.78 is 0. The van der Waals surface area contributed by atoms with Gasteiger partial charge in [-0.1, -0.05) is 0 Å². The maximum Gasteiger partial charge on any atom is 0.503 e. The van der Waals surface area contributed by atoms with Crippen LogP contribution in [0.2, 0.25) is 0 Å². The Labute approximate surface area is 93.3 Å². The van der Waals surface area contributed by atoms with Crippen molar-refractivity contribution in [3.63, 3.8) is 0 Å². The van der Waals surface area contributed by atoms with Gasteiger partial charge in [0.1, 0.15) is 0 Å². The van der Waals surface area contributed by atoms with Crippen LogP contribution in [0.3, 0.4) is 0 Å². The molecule has 4 nitrogen and oxygen atoms in total. The van der Waals surface area contributed by atoms with E-state index in [1.165, 1.54) is 0 Å². The van der Waals surface area contributed by atoms with Crippen molar-refractivity contribution in [3.8, 4) is 0 Å². The van der Waals surface area contributed by atoms with Crippen LogP contribution < -0.4 is 0 Å². The summed E-state index contributed by atoms with van der Waals surface area (Å²) in [6.45, 7) is 0. The van der Waals surface area contributed by atoms with Crippen LogP contribution in [0, 0.1) is 0 Å². The Morgan fingerprint density at radius 3 is 1.11 bits per heavy atom. The first-order valence-corrected chi connectivity index (χ1v) is 0.651. The van der Waals surface area contributed by atoms with Crippen LogP contribution in [0.15, 0.2) is 0 Å². The van der Waals surface area contributed by atoms with Crippen molar-refractivity contribution in [2.45, 2.75) is 0 Å². The first kappa shape index (κ1) is 48.5. The average Bonchev–Trinajstić information content (AvgIpc) is 0.811. The molecule has 8 heteroatoms. The van der Waals surface area contributed by atoms with E-state index < -0.39 is 6.16 Å². The molecule has 0 aromatic heterocycles. The molecule has 0 rings (SSSR count). The van der Waals surface area contributed by atoms with Crippen molar-refractivity contribution in [1.82, 2.24) is 0 Å². The van der Waals surface area contributed by atoms with E-state index in [1.54, 1.807) is 0 Å². The smallest absolute Gasteiger partial charge is 0.450 e. The average molecular weight is 312 g/mol. The van der Waals surface area contributed by atoms with Crippen molar-refractivity contribution in [2.75, 3.05) is 0 Å². The number of carbonyl (C=O) groups is 1. The predicted molar refractivity (Wildman–Crippen MR) is 14.3 cm³/mol. The third-order valence-electron chi connectivity index (χ3n) is 0. The molecule has 0 aromatic carbocycles. The molecule has 0 aromatic rings. The Balaban J connectivity index is -0.00000000450. The monoisotopic (exact) mass is 311 g/mol. The van der Waals surface area contributed by atoms with E-state index in [0.29, 0.717) is 0 Å². The molecule has 67 valence electrons. The molecule has 0 spiro atoms. The second-order valence-corrected chi connectivity index (χ2v) is 0.283. The van der Waals surface area contributed by atoms with Crippen LogP contribution in [-0.4, -0.2) is 21.8 Å². The van der Waals surface area contributed by atoms with Crippen LogP contribution in [0.1, 0.15) is 0 Å². The summed E-state index contributed by atoms with van der Waals surface area (Å²) in [7, 11) is 0. The van der Waals surface area contributed by atoms with Crippen molar-refractivity contribution in [3.05, 3.63) is 0 Å². The molecule has 0 aliphatic carbocycles. The number of hydrogen-bond acceptors (Lipinski definition) is 1. The molecule has 9 heavy (non-hydrogen) atoms. The molecule has 0 saturated carbocycles. The van der Waals surface area contributed by atoms with Gasteiger partial charge in [0.25, 0.3) is 0 Å². The van der Waals surface area contributed by atoms with Gasteiger partial charge in [0.05, 0.1) is 0 Å². The Morgan fingerprint density at radius 2 is 1.11 bits per heavy atom. The molecule has 0 bridgehead atoms. The molecular formula is CH4Co2MnNiO4. The van der Waals surface area contributed by atoms with Gasteiger partial charge in [-0.05, 0) is 0 Å². The Morgan fingerprint density at radius 1 is 1.11 bits per heavy atom. The molecule has 0 fully saturated rings. The maximum absolute atomic E-state index is 8.56. The Hall–Kier alpha value is 1.26. The summed E-state index contributed by atoms with van der Waals surface area (Å²) >= 11 is 0. The fourth-order valence-electron chi connectivity index (χ4n) is 0. The Bertz CT molecular complexity index is 41.5. The molecule has 0 saturated heterocycles. The molecule has 4 N–H and O–H groups in total. The van der Waals surface area contributed by atoms with Gasteiger partial charge in [-0.25, -0.2) is 4.79 Å². The minimum Gasteiger partial charge on any atom is -0.450 e. The summed E-state index contributed by atoms with van der Waals surface area (Å²) in [5, 5.41) is 13.9. The van der Waals surface area contributed by atoms with Gasteiger partial charge in [0.2, 0.25) is 0 Å². The standard InChI is InChI=1S/CH2O3.2Co.Mn.Ni.H2O/c2-1(3)4;;;;;/h(H2,2,3,4);;;;;1H2. The van der Waals surface area contributed by atoms with Crippen molar-refractivity contribution in [2.24, 2.45) is 0 Å². The topological polar surface area (TPSA) is 89.0 Å². The fraction of sp³-hybridized carbons (Fsp3) is 0. The van der Waals surface area contributed by atoms with Crippen LogP contribution in [0.5, 0.6) is 0 Å². The van der Waals surface area contributed by atoms with E-state index in [4.69, 9.17) is 15.0 Å². The molecule has 0 heterocycles. The first-order chi connectivity index (χ1) is 1.73. The van der Waals surface area contributed by atoms with Crippen molar-refractivity contribution < 1.29 is 87.6 Å². The first-order valence-electron chi connectivity index (χ1n) is 0.651. The fourth-order valence-corrected chi connectivity index (χ4v) is 0. The summed E-state index contributed by atoms with van der Waals surface area (Å²) in [5.41, 5.74) is 0. The minimum atomic E-state index is -1.83. The van der Waals surface area contributed by atoms with Gasteiger partial charge in [-0.3, -0.25) is 0 Å². The van der Waals surface area contributed by atoms with Gasteiger partial charge in [0.15, 0.2) is 0 Å². The molecule has 0 unspecified atom stereocenters. The second-order valence-electron chi connectivity index (χ2n) is 0.283. The largest absolute Gasteiger partial charge is 0.503 e. The SMILES string of the molecule is O.O=C(O)O.[Co].[Co].[Mn].[Ni]. The van der Waals surface area contributed by atoms with E-state index in [1.807, 2.05) is 0 Å². The van der Waals surface area contributed by atoms with E-state index in [0.717, 1.165) is 0 Å². The van der Waals surface area contributed by atoms with Gasteiger partial charge >= 0.3 is 6.16 Å². The molecule has 3 radical (unpaired) electrons. The number of carboxylic acid groups (broad SMARTS) is 2. The second kappa shape index (κ2) is 34.8. The summed E-state index contributed by atoms with van der Waals surface area (Å²) in [4.78, 5) is 8.56. The van der Waals surface area contributed by atoms with Gasteiger partial charge in [-0.2, -0.15) is 0 Å². The van der Waals surface area contributed by atoms with Crippen LogP contribution >= 0.6 is 0 Å². The van der Waals surface area contributed by atoms with Crippen LogP contribution in [0.4, 0.5) is 4.79 Å². The van der Waals surface area contributed by atoms with Gasteiger partial charge in [0, 0.05) is 67.1 Å². The maximum atomic E-state index is 8.56. The van der Waals surface area contributed by atoms with Crippen LogP contribution in [-0.2, 0) is 67.1 Å². The third kappa shape index (κ3) is 309. The molecule has 0 atom stereocenters. The van der Waals surface area contributed by atoms with E-state index in [9.17, 15) is 0 Å². The van der Waals surface area contributed by atoms with E-state index in [2.05, 4.69) is 0 Å². The molecule has 0 aliphatic heterocycles. The summed E-state index contributed by atoms with van der Waals surface area (Å²) in [6, 6.07) is 0. The zero-order valence-electron chi connectivity index (χ0n) is 3.66.